The van der Waals surface area contributed by atoms with Crippen LogP contribution in [-0.4, -0.2) is 124 Å². The van der Waals surface area contributed by atoms with Crippen LogP contribution in [0.1, 0.15) is 110 Å². The Kier molecular flexibility index (Phi) is 13.1. The molecule has 3 aromatic rings. The number of carbonyl (C=O) groups is 2. The Bertz CT molecular complexity index is 2700. The summed E-state index contributed by atoms with van der Waals surface area (Å²) in [5.41, 5.74) is 7.30. The summed E-state index contributed by atoms with van der Waals surface area (Å²) in [4.78, 5) is 32.7. The zero-order valence-electron chi connectivity index (χ0n) is 38.8. The largest absolute Gasteiger partial charge is 0.481 e. The number of benzene rings is 3. The number of hydrogen-bond donors (Lipinski definition) is 2. The molecule has 0 bridgehead atoms. The second-order valence-electron chi connectivity index (χ2n) is 19.1. The highest BCUT2D eigenvalue weighted by Gasteiger charge is 2.60. The molecule has 17 heteroatoms. The van der Waals surface area contributed by atoms with Crippen molar-refractivity contribution in [2.75, 3.05) is 88.0 Å². The van der Waals surface area contributed by atoms with E-state index < -0.39 is 32.9 Å². The minimum absolute atomic E-state index is 0.0602. The summed E-state index contributed by atoms with van der Waals surface area (Å²) >= 11 is 14.6. The molecule has 0 aliphatic carbocycles. The number of hydrogen-bond acceptors (Lipinski definition) is 11. The maximum atomic E-state index is 15.5. The molecule has 9 rings (SSSR count). The quantitative estimate of drug-likeness (QED) is 0.0922. The average Bonchev–Trinajstić information content (AvgIpc) is 3.53. The zero-order valence-corrected chi connectivity index (χ0v) is 41.1. The van der Waals surface area contributed by atoms with E-state index in [-0.39, 0.29) is 68.0 Å². The van der Waals surface area contributed by atoms with Gasteiger partial charge in [-0.2, -0.15) is 8.42 Å². The SMILES string of the molecule is CCC1=CC(C)(C)N2CCCc3c4c(cc1c32)C1(c2cc3c5c(c2O4)CCCN5C(C)(C)C=C3CS(=O)(=O)O)c2c(Cl)ccc(Cl)c2C(=O)N1CCOCCOCCOCCOCCC(=O)O. The first-order valence-electron chi connectivity index (χ1n) is 23.3. The van der Waals surface area contributed by atoms with Crippen molar-refractivity contribution in [1.29, 1.82) is 0 Å². The molecular weight excluding hydrogens is 922 g/mol. The van der Waals surface area contributed by atoms with E-state index >= 15 is 4.79 Å². The number of fused-ring (bicyclic) bond motifs is 8. The lowest BCUT2D eigenvalue weighted by atomic mass is 9.69. The first-order chi connectivity index (χ1) is 31.9. The number of halogens is 2. The van der Waals surface area contributed by atoms with Gasteiger partial charge < -0.3 is 43.5 Å². The Labute approximate surface area is 402 Å². The molecule has 3 aromatic carbocycles. The van der Waals surface area contributed by atoms with Crippen molar-refractivity contribution in [1.82, 2.24) is 4.90 Å². The fraction of sp³-hybridized carbons (Fsp3) is 0.520. The molecule has 0 fully saturated rings. The van der Waals surface area contributed by atoms with Crippen LogP contribution in [0.15, 0.2) is 36.4 Å². The topological polar surface area (TPSA) is 165 Å². The summed E-state index contributed by atoms with van der Waals surface area (Å²) in [6.45, 7) is 14.5. The van der Waals surface area contributed by atoms with Gasteiger partial charge in [0, 0.05) is 63.6 Å². The maximum Gasteiger partial charge on any atom is 0.305 e. The Morgan fingerprint density at radius 1 is 0.761 bits per heavy atom. The molecular formula is C50H59Cl2N3O11S. The molecule has 6 heterocycles. The van der Waals surface area contributed by atoms with Crippen molar-refractivity contribution in [3.63, 3.8) is 0 Å². The Morgan fingerprint density at radius 2 is 1.25 bits per heavy atom. The van der Waals surface area contributed by atoms with Gasteiger partial charge in [-0.3, -0.25) is 14.1 Å². The number of aliphatic carboxylic acids is 1. The van der Waals surface area contributed by atoms with Crippen molar-refractivity contribution in [2.45, 2.75) is 89.8 Å². The van der Waals surface area contributed by atoms with Crippen molar-refractivity contribution in [3.8, 4) is 11.5 Å². The molecule has 2 N–H and O–H groups in total. The standard InChI is InChI=1S/C50H59Cl2N3O11S/c1-6-30-27-48(2,3)53-14-7-9-32-43(53)34(30)25-36-45(32)66-46-33-10-8-15-54-44(33)35(31(28-49(54,4)5)29-67(59,60)61)26-37(46)50(36)42-39(52)12-11-38(51)41(42)47(58)55(50)16-18-63-20-22-65-24-23-64-21-19-62-17-13-40(56)57/h11-12,25-28H,6-10,13-24,29H2,1-5H3,(H,56,57)(H,59,60,61). The van der Waals surface area contributed by atoms with Gasteiger partial charge in [0.2, 0.25) is 0 Å². The third kappa shape index (κ3) is 8.34. The van der Waals surface area contributed by atoms with E-state index in [1.54, 1.807) is 12.1 Å². The van der Waals surface area contributed by atoms with E-state index in [1.807, 2.05) is 17.0 Å². The van der Waals surface area contributed by atoms with E-state index in [4.69, 9.17) is 52.0 Å². The number of allylic oxidation sites excluding steroid dienone is 1. The van der Waals surface area contributed by atoms with Crippen molar-refractivity contribution < 1.29 is 51.4 Å². The van der Waals surface area contributed by atoms with Crippen LogP contribution < -0.4 is 14.5 Å². The van der Waals surface area contributed by atoms with Gasteiger partial charge >= 0.3 is 5.97 Å². The first-order valence-corrected chi connectivity index (χ1v) is 25.6. The van der Waals surface area contributed by atoms with Gasteiger partial charge in [0.1, 0.15) is 22.8 Å². The molecule has 0 aromatic heterocycles. The van der Waals surface area contributed by atoms with Gasteiger partial charge in [0.25, 0.3) is 16.0 Å². The highest BCUT2D eigenvalue weighted by atomic mass is 35.5. The van der Waals surface area contributed by atoms with E-state index in [0.29, 0.717) is 65.0 Å². The van der Waals surface area contributed by atoms with Gasteiger partial charge in [0.15, 0.2) is 0 Å². The molecule has 0 radical (unpaired) electrons. The molecule has 360 valence electrons. The van der Waals surface area contributed by atoms with Crippen LogP contribution in [0.3, 0.4) is 0 Å². The normalized spacial score (nSPS) is 20.4. The van der Waals surface area contributed by atoms with Crippen LogP contribution in [0.2, 0.25) is 10.0 Å². The molecule has 0 saturated carbocycles. The minimum atomic E-state index is -4.47. The number of carbonyl (C=O) groups excluding carboxylic acids is 1. The van der Waals surface area contributed by atoms with Gasteiger partial charge in [0.05, 0.1) is 92.3 Å². The lowest BCUT2D eigenvalue weighted by Crippen LogP contribution is -2.51. The summed E-state index contributed by atoms with van der Waals surface area (Å²) in [6, 6.07) is 7.56. The number of ether oxygens (including phenoxy) is 5. The van der Waals surface area contributed by atoms with Crippen LogP contribution in [0.4, 0.5) is 11.4 Å². The van der Waals surface area contributed by atoms with Gasteiger partial charge in [-0.15, -0.1) is 0 Å². The van der Waals surface area contributed by atoms with Crippen molar-refractivity contribution >= 4 is 67.7 Å². The second kappa shape index (κ2) is 18.3. The predicted molar refractivity (Wildman–Crippen MR) is 258 cm³/mol. The monoisotopic (exact) mass is 979 g/mol. The van der Waals surface area contributed by atoms with Crippen LogP contribution in [0.25, 0.3) is 11.1 Å². The van der Waals surface area contributed by atoms with Crippen molar-refractivity contribution in [3.05, 3.63) is 91.0 Å². The summed E-state index contributed by atoms with van der Waals surface area (Å²) < 4.78 is 66.3. The molecule has 0 saturated heterocycles. The summed E-state index contributed by atoms with van der Waals surface area (Å²) in [7, 11) is -4.47. The molecule has 14 nitrogen and oxygen atoms in total. The number of carboxylic acids is 1. The molecule has 1 atom stereocenters. The average molecular weight is 981 g/mol. The van der Waals surface area contributed by atoms with Crippen molar-refractivity contribution in [2.24, 2.45) is 0 Å². The van der Waals surface area contributed by atoms with E-state index in [0.717, 1.165) is 72.4 Å². The molecule has 1 spiro atoms. The van der Waals surface area contributed by atoms with Gasteiger partial charge in [-0.1, -0.05) is 42.3 Å². The maximum absolute atomic E-state index is 15.5. The molecule has 1 amide bonds. The van der Waals surface area contributed by atoms with E-state index in [9.17, 15) is 17.8 Å². The molecule has 6 aliphatic heterocycles. The Morgan fingerprint density at radius 3 is 1.78 bits per heavy atom. The van der Waals surface area contributed by atoms with Crippen LogP contribution in [0, 0.1) is 0 Å². The third-order valence-electron chi connectivity index (χ3n) is 14.1. The number of nitrogens with zero attached hydrogens (tertiary/aromatic N) is 3. The van der Waals surface area contributed by atoms with Gasteiger partial charge in [-0.05, 0) is 95.2 Å². The third-order valence-corrected chi connectivity index (χ3v) is 15.4. The molecule has 1 unspecified atom stereocenters. The smallest absolute Gasteiger partial charge is 0.305 e. The first kappa shape index (κ1) is 47.9. The summed E-state index contributed by atoms with van der Waals surface area (Å²) in [6.07, 6.45) is 8.07. The highest BCUT2D eigenvalue weighted by molar-refractivity contribution is 7.86. The minimum Gasteiger partial charge on any atom is -0.481 e. The molecule has 67 heavy (non-hydrogen) atoms. The van der Waals surface area contributed by atoms with Gasteiger partial charge in [-0.25, -0.2) is 0 Å². The van der Waals surface area contributed by atoms with Crippen LogP contribution in [-0.2, 0) is 52.2 Å². The lowest BCUT2D eigenvalue weighted by Gasteiger charge is -2.52. The number of carboxylic acid groups (broad SMARTS) is 1. The van der Waals surface area contributed by atoms with E-state index in [2.05, 4.69) is 56.6 Å². The predicted octanol–water partition coefficient (Wildman–Crippen LogP) is 8.54. The number of amides is 1. The zero-order chi connectivity index (χ0) is 47.6. The number of rotatable bonds is 18. The Balaban J connectivity index is 1.17. The fourth-order valence-corrected chi connectivity index (χ4v) is 12.6. The highest BCUT2D eigenvalue weighted by Crippen LogP contribution is 2.65. The van der Waals surface area contributed by atoms with Crippen LogP contribution in [0.5, 0.6) is 11.5 Å². The summed E-state index contributed by atoms with van der Waals surface area (Å²) in [5.74, 6) is -0.535. The Hall–Kier alpha value is -4.19. The van der Waals surface area contributed by atoms with E-state index in [1.165, 1.54) is 5.57 Å². The fourth-order valence-electron chi connectivity index (χ4n) is 11.4. The lowest BCUT2D eigenvalue weighted by molar-refractivity contribution is -0.138. The number of anilines is 2. The van der Waals surface area contributed by atoms with Crippen LogP contribution >= 0.6 is 23.2 Å². The second-order valence-corrected chi connectivity index (χ2v) is 21.4. The summed E-state index contributed by atoms with van der Waals surface area (Å²) in [5, 5.41) is 9.35. The molecule has 6 aliphatic rings.